The first-order valence-corrected chi connectivity index (χ1v) is 6.80. The Balaban J connectivity index is 1.99. The van der Waals surface area contributed by atoms with E-state index in [1.54, 1.807) is 24.5 Å². The summed E-state index contributed by atoms with van der Waals surface area (Å²) >= 11 is 0. The third kappa shape index (κ3) is 2.52. The Hall–Kier alpha value is -2.62. The van der Waals surface area contributed by atoms with Gasteiger partial charge in [0.2, 0.25) is 0 Å². The van der Waals surface area contributed by atoms with E-state index >= 15 is 0 Å². The molecule has 0 amide bonds. The van der Waals surface area contributed by atoms with Crippen molar-refractivity contribution in [2.75, 3.05) is 11.1 Å². The average Bonchev–Trinajstić information content (AvgIpc) is 2.51. The van der Waals surface area contributed by atoms with E-state index in [1.807, 2.05) is 31.2 Å². The van der Waals surface area contributed by atoms with Crippen LogP contribution in [0.4, 0.5) is 15.8 Å². The Morgan fingerprint density at radius 1 is 1.10 bits per heavy atom. The lowest BCUT2D eigenvalue weighted by atomic mass is 10.1. The molecule has 1 heterocycles. The van der Waals surface area contributed by atoms with E-state index in [2.05, 4.69) is 10.3 Å². The SMILES string of the molecule is CC(Nc1ccc(N)c2ccncc12)c1ccccc1F. The summed E-state index contributed by atoms with van der Waals surface area (Å²) in [6, 6.07) is 12.2. The summed E-state index contributed by atoms with van der Waals surface area (Å²) in [6.45, 7) is 1.93. The van der Waals surface area contributed by atoms with Gasteiger partial charge in [-0.2, -0.15) is 0 Å². The van der Waals surface area contributed by atoms with E-state index in [1.165, 1.54) is 6.07 Å². The van der Waals surface area contributed by atoms with Gasteiger partial charge in [-0.25, -0.2) is 4.39 Å². The fourth-order valence-electron chi connectivity index (χ4n) is 2.48. The van der Waals surface area contributed by atoms with Gasteiger partial charge in [0.25, 0.3) is 0 Å². The molecule has 0 aliphatic heterocycles. The maximum absolute atomic E-state index is 13.8. The first-order valence-electron chi connectivity index (χ1n) is 6.80. The molecular weight excluding hydrogens is 265 g/mol. The van der Waals surface area contributed by atoms with Crippen LogP contribution in [-0.4, -0.2) is 4.98 Å². The number of benzene rings is 2. The molecule has 0 spiro atoms. The Morgan fingerprint density at radius 2 is 1.90 bits per heavy atom. The van der Waals surface area contributed by atoms with Crippen LogP contribution in [0.2, 0.25) is 0 Å². The zero-order valence-electron chi connectivity index (χ0n) is 11.7. The fourth-order valence-corrected chi connectivity index (χ4v) is 2.48. The van der Waals surface area contributed by atoms with Crippen LogP contribution >= 0.6 is 0 Å². The number of halogens is 1. The molecule has 21 heavy (non-hydrogen) atoms. The second-order valence-electron chi connectivity index (χ2n) is 5.01. The first-order chi connectivity index (χ1) is 10.2. The van der Waals surface area contributed by atoms with Crippen LogP contribution in [-0.2, 0) is 0 Å². The van der Waals surface area contributed by atoms with Crippen LogP contribution in [0.25, 0.3) is 10.8 Å². The summed E-state index contributed by atoms with van der Waals surface area (Å²) in [4.78, 5) is 4.14. The molecule has 3 N–H and O–H groups in total. The van der Waals surface area contributed by atoms with Gasteiger partial charge in [0.1, 0.15) is 5.82 Å². The van der Waals surface area contributed by atoms with Crippen molar-refractivity contribution < 1.29 is 4.39 Å². The predicted molar refractivity (Wildman–Crippen MR) is 84.6 cm³/mol. The number of nitrogens with zero attached hydrogens (tertiary/aromatic N) is 1. The van der Waals surface area contributed by atoms with Crippen molar-refractivity contribution in [3.05, 3.63) is 66.2 Å². The van der Waals surface area contributed by atoms with E-state index in [4.69, 9.17) is 5.73 Å². The number of fused-ring (bicyclic) bond motifs is 1. The minimum absolute atomic E-state index is 0.154. The molecule has 1 atom stereocenters. The van der Waals surface area contributed by atoms with E-state index < -0.39 is 0 Å². The summed E-state index contributed by atoms with van der Waals surface area (Å²) in [6.07, 6.45) is 3.48. The van der Waals surface area contributed by atoms with Gasteiger partial charge in [-0.1, -0.05) is 18.2 Å². The molecule has 0 radical (unpaired) electrons. The van der Waals surface area contributed by atoms with Crippen molar-refractivity contribution in [2.45, 2.75) is 13.0 Å². The van der Waals surface area contributed by atoms with Gasteiger partial charge in [0.15, 0.2) is 0 Å². The van der Waals surface area contributed by atoms with Crippen molar-refractivity contribution >= 4 is 22.1 Å². The first kappa shape index (κ1) is 13.4. The van der Waals surface area contributed by atoms with Crippen molar-refractivity contribution in [1.29, 1.82) is 0 Å². The predicted octanol–water partition coefficient (Wildman–Crippen LogP) is 4.13. The molecule has 0 fully saturated rings. The zero-order chi connectivity index (χ0) is 14.8. The van der Waals surface area contributed by atoms with E-state index in [0.717, 1.165) is 16.5 Å². The number of hydrogen-bond donors (Lipinski definition) is 2. The summed E-state index contributed by atoms with van der Waals surface area (Å²) in [5, 5.41) is 5.21. The molecule has 4 heteroatoms. The molecule has 3 nitrogen and oxygen atoms in total. The molecule has 3 rings (SSSR count). The van der Waals surface area contributed by atoms with Crippen LogP contribution in [0.1, 0.15) is 18.5 Å². The van der Waals surface area contributed by atoms with E-state index in [-0.39, 0.29) is 11.9 Å². The molecule has 1 aromatic heterocycles. The molecule has 0 saturated heterocycles. The Bertz CT molecular complexity index is 786. The molecular formula is C17H16FN3. The minimum Gasteiger partial charge on any atom is -0.398 e. The fraction of sp³-hybridized carbons (Fsp3) is 0.118. The lowest BCUT2D eigenvalue weighted by molar-refractivity contribution is 0.600. The van der Waals surface area contributed by atoms with Crippen molar-refractivity contribution in [2.24, 2.45) is 0 Å². The molecule has 0 aliphatic carbocycles. The third-order valence-electron chi connectivity index (χ3n) is 3.60. The molecule has 106 valence electrons. The van der Waals surface area contributed by atoms with Gasteiger partial charge < -0.3 is 11.1 Å². The summed E-state index contributed by atoms with van der Waals surface area (Å²) in [7, 11) is 0. The summed E-state index contributed by atoms with van der Waals surface area (Å²) in [5.41, 5.74) is 8.20. The van der Waals surface area contributed by atoms with Crippen molar-refractivity contribution in [3.8, 4) is 0 Å². The van der Waals surface area contributed by atoms with Gasteiger partial charge >= 0.3 is 0 Å². The Labute approximate surface area is 122 Å². The minimum atomic E-state index is -0.213. The Morgan fingerprint density at radius 3 is 2.71 bits per heavy atom. The van der Waals surface area contributed by atoms with Gasteiger partial charge in [0, 0.05) is 40.1 Å². The number of aromatic nitrogens is 1. The highest BCUT2D eigenvalue weighted by Crippen LogP contribution is 2.30. The van der Waals surface area contributed by atoms with Crippen LogP contribution in [0.3, 0.4) is 0 Å². The molecule has 1 unspecified atom stereocenters. The molecule has 0 bridgehead atoms. The highest BCUT2D eigenvalue weighted by Gasteiger charge is 2.12. The molecule has 3 aromatic rings. The summed E-state index contributed by atoms with van der Waals surface area (Å²) in [5.74, 6) is -0.213. The standard InChI is InChI=1S/C17H16FN3/c1-11(12-4-2-3-5-15(12)18)21-17-7-6-16(19)13-8-9-20-10-14(13)17/h2-11,21H,19H2,1H3. The van der Waals surface area contributed by atoms with Gasteiger partial charge in [-0.05, 0) is 31.2 Å². The lowest BCUT2D eigenvalue weighted by Gasteiger charge is -2.18. The quantitative estimate of drug-likeness (QED) is 0.710. The maximum atomic E-state index is 13.8. The van der Waals surface area contributed by atoms with Crippen LogP contribution in [0.5, 0.6) is 0 Å². The highest BCUT2D eigenvalue weighted by molar-refractivity contribution is 6.00. The second-order valence-corrected chi connectivity index (χ2v) is 5.01. The third-order valence-corrected chi connectivity index (χ3v) is 3.60. The Kier molecular flexibility index (Phi) is 3.44. The normalized spacial score (nSPS) is 12.3. The van der Waals surface area contributed by atoms with Crippen LogP contribution in [0.15, 0.2) is 54.9 Å². The number of pyridine rings is 1. The largest absolute Gasteiger partial charge is 0.398 e. The lowest BCUT2D eigenvalue weighted by Crippen LogP contribution is -2.09. The number of nitrogens with one attached hydrogen (secondary N) is 1. The van der Waals surface area contributed by atoms with Gasteiger partial charge in [-0.15, -0.1) is 0 Å². The number of nitrogen functional groups attached to an aromatic ring is 1. The van der Waals surface area contributed by atoms with Crippen molar-refractivity contribution in [3.63, 3.8) is 0 Å². The average molecular weight is 281 g/mol. The summed E-state index contributed by atoms with van der Waals surface area (Å²) < 4.78 is 13.8. The van der Waals surface area contributed by atoms with Crippen LogP contribution < -0.4 is 11.1 Å². The van der Waals surface area contributed by atoms with E-state index in [0.29, 0.717) is 11.3 Å². The maximum Gasteiger partial charge on any atom is 0.128 e. The zero-order valence-corrected chi connectivity index (χ0v) is 11.7. The number of nitrogens with two attached hydrogens (primary N) is 1. The number of rotatable bonds is 3. The second kappa shape index (κ2) is 5.40. The topological polar surface area (TPSA) is 50.9 Å². The van der Waals surface area contributed by atoms with Crippen LogP contribution in [0, 0.1) is 5.82 Å². The monoisotopic (exact) mass is 281 g/mol. The molecule has 0 saturated carbocycles. The van der Waals surface area contributed by atoms with Gasteiger partial charge in [-0.3, -0.25) is 4.98 Å². The number of hydrogen-bond acceptors (Lipinski definition) is 3. The van der Waals surface area contributed by atoms with Crippen molar-refractivity contribution in [1.82, 2.24) is 4.98 Å². The molecule has 2 aromatic carbocycles. The smallest absolute Gasteiger partial charge is 0.128 e. The van der Waals surface area contributed by atoms with Gasteiger partial charge in [0.05, 0.1) is 6.04 Å². The molecule has 0 aliphatic rings. The highest BCUT2D eigenvalue weighted by atomic mass is 19.1. The number of anilines is 2. The van der Waals surface area contributed by atoms with E-state index in [9.17, 15) is 4.39 Å².